The lowest BCUT2D eigenvalue weighted by molar-refractivity contribution is 0.0527. The summed E-state index contributed by atoms with van der Waals surface area (Å²) in [6.45, 7) is 6.61. The van der Waals surface area contributed by atoms with Crippen LogP contribution in [0.15, 0.2) is 12.1 Å². The number of methoxy groups -OCH3 is 1. The van der Waals surface area contributed by atoms with Gasteiger partial charge in [0.05, 0.1) is 12.6 Å². The molecule has 0 saturated carbocycles. The molecule has 28 heavy (non-hydrogen) atoms. The summed E-state index contributed by atoms with van der Waals surface area (Å²) in [6.07, 6.45) is 1.15. The first-order valence-electron chi connectivity index (χ1n) is 8.96. The van der Waals surface area contributed by atoms with E-state index in [1.54, 1.807) is 19.2 Å². The number of carbonyl (C=O) groups excluding carboxylic acids is 1. The monoisotopic (exact) mass is 410 g/mol. The van der Waals surface area contributed by atoms with Gasteiger partial charge in [0.1, 0.15) is 21.9 Å². The summed E-state index contributed by atoms with van der Waals surface area (Å²) in [5.41, 5.74) is 3.16. The number of alkyl carbamates (subject to hydrolysis) is 1. The third-order valence-corrected chi connectivity index (χ3v) is 4.03. The van der Waals surface area contributed by atoms with E-state index in [0.29, 0.717) is 46.5 Å². The van der Waals surface area contributed by atoms with E-state index in [0.717, 1.165) is 12.8 Å². The number of ether oxygens (including phenoxy) is 2. The van der Waals surface area contributed by atoms with Gasteiger partial charge in [-0.1, -0.05) is 11.6 Å². The van der Waals surface area contributed by atoms with Gasteiger partial charge in [0.25, 0.3) is 0 Å². The first-order chi connectivity index (χ1) is 13.2. The van der Waals surface area contributed by atoms with E-state index in [2.05, 4.69) is 26.0 Å². The summed E-state index contributed by atoms with van der Waals surface area (Å²) in [6, 6.07) is 3.49. The Morgan fingerprint density at radius 3 is 2.54 bits per heavy atom. The van der Waals surface area contributed by atoms with E-state index in [9.17, 15) is 4.79 Å². The summed E-state index contributed by atoms with van der Waals surface area (Å²) in [4.78, 5) is 20.5. The third kappa shape index (κ3) is 6.00. The lowest BCUT2D eigenvalue weighted by Gasteiger charge is -2.19. The number of amides is 1. The van der Waals surface area contributed by atoms with Gasteiger partial charge in [0.15, 0.2) is 11.6 Å². The molecule has 0 radical (unpaired) electrons. The van der Waals surface area contributed by atoms with Gasteiger partial charge in [0.2, 0.25) is 0 Å². The Hall–Kier alpha value is -2.52. The molecule has 0 aliphatic rings. The summed E-state index contributed by atoms with van der Waals surface area (Å²) >= 11 is 6.33. The molecular formula is C18H27ClN6O3. The SMILES string of the molecule is COc1ccc2nc(NN)c(NCCCCNC(=O)OC(C)(C)C)nc2c1Cl. The van der Waals surface area contributed by atoms with E-state index in [1.807, 2.05) is 20.8 Å². The number of nitrogens with two attached hydrogens (primary N) is 1. The van der Waals surface area contributed by atoms with Gasteiger partial charge in [0, 0.05) is 13.1 Å². The zero-order valence-electron chi connectivity index (χ0n) is 16.6. The number of aromatic nitrogens is 2. The van der Waals surface area contributed by atoms with Crippen LogP contribution < -0.4 is 26.6 Å². The Balaban J connectivity index is 1.91. The van der Waals surface area contributed by atoms with Crippen LogP contribution in [-0.2, 0) is 4.74 Å². The predicted octanol–water partition coefficient (Wildman–Crippen LogP) is 3.29. The van der Waals surface area contributed by atoms with Gasteiger partial charge in [-0.15, -0.1) is 0 Å². The molecule has 1 aromatic carbocycles. The highest BCUT2D eigenvalue weighted by atomic mass is 35.5. The minimum absolute atomic E-state index is 0.390. The van der Waals surface area contributed by atoms with Crippen LogP contribution in [0.4, 0.5) is 16.4 Å². The Bertz CT molecular complexity index is 825. The topological polar surface area (TPSA) is 123 Å². The van der Waals surface area contributed by atoms with Crippen LogP contribution in [0, 0.1) is 0 Å². The van der Waals surface area contributed by atoms with Gasteiger partial charge < -0.3 is 25.5 Å². The quantitative estimate of drug-likeness (QED) is 0.297. The molecule has 154 valence electrons. The molecule has 10 heteroatoms. The maximum atomic E-state index is 11.6. The Morgan fingerprint density at radius 2 is 1.89 bits per heavy atom. The maximum Gasteiger partial charge on any atom is 0.407 e. The van der Waals surface area contributed by atoms with E-state index < -0.39 is 11.7 Å². The van der Waals surface area contributed by atoms with Crippen molar-refractivity contribution in [3.63, 3.8) is 0 Å². The number of carbonyl (C=O) groups is 1. The summed E-state index contributed by atoms with van der Waals surface area (Å²) in [5.74, 6) is 6.99. The lowest BCUT2D eigenvalue weighted by Crippen LogP contribution is -2.33. The van der Waals surface area contributed by atoms with Crippen molar-refractivity contribution in [3.05, 3.63) is 17.2 Å². The highest BCUT2D eigenvalue weighted by molar-refractivity contribution is 6.36. The molecule has 0 spiro atoms. The summed E-state index contributed by atoms with van der Waals surface area (Å²) < 4.78 is 10.4. The smallest absolute Gasteiger partial charge is 0.407 e. The average Bonchev–Trinajstić information content (AvgIpc) is 2.63. The van der Waals surface area contributed by atoms with Gasteiger partial charge in [-0.2, -0.15) is 0 Å². The van der Waals surface area contributed by atoms with Gasteiger partial charge in [-0.3, -0.25) is 0 Å². The largest absolute Gasteiger partial charge is 0.495 e. The van der Waals surface area contributed by atoms with Crippen LogP contribution in [0.2, 0.25) is 5.02 Å². The average molecular weight is 411 g/mol. The summed E-state index contributed by atoms with van der Waals surface area (Å²) in [5, 5.41) is 6.30. The minimum Gasteiger partial charge on any atom is -0.495 e. The van der Waals surface area contributed by atoms with Crippen molar-refractivity contribution in [3.8, 4) is 5.75 Å². The van der Waals surface area contributed by atoms with E-state index in [1.165, 1.54) is 0 Å². The number of hydrogen-bond donors (Lipinski definition) is 4. The number of hydrogen-bond acceptors (Lipinski definition) is 8. The zero-order valence-corrected chi connectivity index (χ0v) is 17.3. The molecule has 0 aliphatic heterocycles. The fourth-order valence-electron chi connectivity index (χ4n) is 2.41. The van der Waals surface area contributed by atoms with Crippen LogP contribution >= 0.6 is 11.6 Å². The lowest BCUT2D eigenvalue weighted by atomic mass is 10.2. The summed E-state index contributed by atoms with van der Waals surface area (Å²) in [7, 11) is 1.54. The third-order valence-electron chi connectivity index (χ3n) is 3.66. The zero-order chi connectivity index (χ0) is 20.7. The number of benzene rings is 1. The molecular weight excluding hydrogens is 384 g/mol. The maximum absolute atomic E-state index is 11.6. The van der Waals surface area contributed by atoms with E-state index in [-0.39, 0.29) is 0 Å². The predicted molar refractivity (Wildman–Crippen MR) is 111 cm³/mol. The van der Waals surface area contributed by atoms with Crippen molar-refractivity contribution >= 4 is 40.4 Å². The van der Waals surface area contributed by atoms with Crippen molar-refractivity contribution < 1.29 is 14.3 Å². The highest BCUT2D eigenvalue weighted by Gasteiger charge is 2.15. The number of fused-ring (bicyclic) bond motifs is 1. The van der Waals surface area contributed by atoms with Crippen molar-refractivity contribution in [1.29, 1.82) is 0 Å². The number of nitrogens with one attached hydrogen (secondary N) is 3. The molecule has 0 atom stereocenters. The van der Waals surface area contributed by atoms with E-state index in [4.69, 9.17) is 26.9 Å². The number of hydrazine groups is 1. The number of anilines is 2. The van der Waals surface area contributed by atoms with Crippen LogP contribution in [0.3, 0.4) is 0 Å². The molecule has 1 heterocycles. The number of rotatable bonds is 8. The van der Waals surface area contributed by atoms with Gasteiger partial charge in [-0.25, -0.2) is 20.6 Å². The van der Waals surface area contributed by atoms with Gasteiger partial charge in [-0.05, 0) is 45.7 Å². The molecule has 0 fully saturated rings. The number of nitrogens with zero attached hydrogens (tertiary/aromatic N) is 2. The molecule has 0 unspecified atom stereocenters. The molecule has 1 amide bonds. The molecule has 0 aliphatic carbocycles. The van der Waals surface area contributed by atoms with Crippen LogP contribution in [0.1, 0.15) is 33.6 Å². The second-order valence-corrected chi connectivity index (χ2v) is 7.46. The molecule has 2 rings (SSSR count). The first kappa shape index (κ1) is 21.8. The number of halogens is 1. The fourth-order valence-corrected chi connectivity index (χ4v) is 2.69. The minimum atomic E-state index is -0.504. The second kappa shape index (κ2) is 9.61. The van der Waals surface area contributed by atoms with Crippen molar-refractivity contribution in [2.45, 2.75) is 39.2 Å². The van der Waals surface area contributed by atoms with Crippen molar-refractivity contribution in [2.75, 3.05) is 30.9 Å². The standard InChI is InChI=1S/C18H27ClN6O3/c1-18(2,3)28-17(26)22-10-6-5-9-21-15-16(25-20)23-11-7-8-12(27-4)13(19)14(11)24-15/h7-8H,5-6,9-10,20H2,1-4H3,(H,21,24)(H,22,26)(H,23,25). The van der Waals surface area contributed by atoms with Crippen LogP contribution in [0.25, 0.3) is 11.0 Å². The van der Waals surface area contributed by atoms with Crippen molar-refractivity contribution in [1.82, 2.24) is 15.3 Å². The second-order valence-electron chi connectivity index (χ2n) is 7.08. The van der Waals surface area contributed by atoms with Gasteiger partial charge >= 0.3 is 6.09 Å². The molecule has 5 N–H and O–H groups in total. The molecule has 0 bridgehead atoms. The molecule has 0 saturated heterocycles. The Kier molecular flexibility index (Phi) is 7.47. The van der Waals surface area contributed by atoms with Crippen LogP contribution in [0.5, 0.6) is 5.75 Å². The Labute approximate surface area is 169 Å². The normalized spacial score (nSPS) is 11.2. The van der Waals surface area contributed by atoms with Crippen LogP contribution in [-0.4, -0.2) is 41.9 Å². The number of nitrogen functional groups attached to an aromatic ring is 1. The Morgan fingerprint density at radius 1 is 1.18 bits per heavy atom. The van der Waals surface area contributed by atoms with Crippen molar-refractivity contribution in [2.24, 2.45) is 5.84 Å². The fraction of sp³-hybridized carbons (Fsp3) is 0.500. The molecule has 9 nitrogen and oxygen atoms in total. The molecule has 1 aromatic heterocycles. The number of unbranched alkanes of at least 4 members (excludes halogenated alkanes) is 1. The molecule has 2 aromatic rings. The first-order valence-corrected chi connectivity index (χ1v) is 9.34. The highest BCUT2D eigenvalue weighted by Crippen LogP contribution is 2.32. The van der Waals surface area contributed by atoms with E-state index >= 15 is 0 Å².